The Morgan fingerprint density at radius 3 is 2.67 bits per heavy atom. The van der Waals surface area contributed by atoms with Gasteiger partial charge in [-0.3, -0.25) is 4.57 Å². The lowest BCUT2D eigenvalue weighted by atomic mass is 10.1. The standard InChI is InChI=1S/C29H26ClF2N5O5/c30-18-5-3-6-19-23(18)37(15-8-10-39-11-9-15)28(33-19)41-16-12-21(29(38)14-40-29)36(13-16)27-24-22(34-26(35-27)25(31)32)17-4-1-2-7-20(17)42-24/h1-7,15-16,21,25,38H,8-14H2/t16-,21-,29?/m0/s1. The maximum absolute atomic E-state index is 14.0. The van der Waals surface area contributed by atoms with Gasteiger partial charge in [0.2, 0.25) is 5.79 Å². The van der Waals surface area contributed by atoms with E-state index in [2.05, 4.69) is 9.97 Å². The molecule has 3 aliphatic heterocycles. The van der Waals surface area contributed by atoms with Crippen molar-refractivity contribution in [1.82, 2.24) is 19.5 Å². The van der Waals surface area contributed by atoms with Crippen LogP contribution in [0, 0.1) is 0 Å². The number of nitrogens with zero attached hydrogens (tertiary/aromatic N) is 5. The number of furan rings is 1. The van der Waals surface area contributed by atoms with E-state index in [0.29, 0.717) is 47.2 Å². The maximum atomic E-state index is 14.0. The second-order valence-electron chi connectivity index (χ2n) is 11.0. The van der Waals surface area contributed by atoms with Crippen molar-refractivity contribution in [3.05, 3.63) is 53.3 Å². The first-order valence-corrected chi connectivity index (χ1v) is 14.3. The lowest BCUT2D eigenvalue weighted by Crippen LogP contribution is -2.42. The highest BCUT2D eigenvalue weighted by Crippen LogP contribution is 2.44. The Morgan fingerprint density at radius 2 is 1.88 bits per heavy atom. The van der Waals surface area contributed by atoms with Gasteiger partial charge in [0.15, 0.2) is 17.2 Å². The zero-order valence-electron chi connectivity index (χ0n) is 22.3. The molecule has 13 heteroatoms. The van der Waals surface area contributed by atoms with Crippen molar-refractivity contribution in [1.29, 1.82) is 0 Å². The van der Waals surface area contributed by atoms with Crippen molar-refractivity contribution >= 4 is 50.5 Å². The first-order chi connectivity index (χ1) is 20.4. The van der Waals surface area contributed by atoms with Gasteiger partial charge in [-0.1, -0.05) is 29.8 Å². The summed E-state index contributed by atoms with van der Waals surface area (Å²) in [4.78, 5) is 14.9. The molecule has 0 saturated carbocycles. The Balaban J connectivity index is 1.21. The van der Waals surface area contributed by atoms with Crippen LogP contribution < -0.4 is 9.64 Å². The lowest BCUT2D eigenvalue weighted by molar-refractivity contribution is 0.0102. The van der Waals surface area contributed by atoms with E-state index in [1.54, 1.807) is 29.2 Å². The highest BCUT2D eigenvalue weighted by Gasteiger charge is 2.57. The van der Waals surface area contributed by atoms with Crippen LogP contribution in [0.5, 0.6) is 6.01 Å². The molecule has 5 aromatic rings. The van der Waals surface area contributed by atoms with Gasteiger partial charge >= 0.3 is 0 Å². The Hall–Kier alpha value is -3.58. The number of hydrogen-bond acceptors (Lipinski definition) is 9. The minimum absolute atomic E-state index is 0.0774. The Labute approximate surface area is 242 Å². The number of benzene rings is 2. The van der Waals surface area contributed by atoms with Crippen molar-refractivity contribution < 1.29 is 32.5 Å². The summed E-state index contributed by atoms with van der Waals surface area (Å²) in [7, 11) is 0. The second-order valence-corrected chi connectivity index (χ2v) is 11.4. The number of ether oxygens (including phenoxy) is 3. The van der Waals surface area contributed by atoms with Crippen LogP contribution in [-0.4, -0.2) is 68.9 Å². The summed E-state index contributed by atoms with van der Waals surface area (Å²) in [6.45, 7) is 1.55. The molecule has 3 aromatic heterocycles. The molecule has 1 unspecified atom stereocenters. The van der Waals surface area contributed by atoms with Crippen molar-refractivity contribution in [3.8, 4) is 6.01 Å². The van der Waals surface area contributed by atoms with Gasteiger partial charge < -0.3 is 28.6 Å². The highest BCUT2D eigenvalue weighted by atomic mass is 35.5. The molecule has 6 heterocycles. The van der Waals surface area contributed by atoms with Crippen LogP contribution in [0.25, 0.3) is 33.1 Å². The SMILES string of the molecule is OC1([C@@H]2C[C@H](Oc3nc4cccc(Cl)c4n3C3CCOCC3)CN2c2nc(C(F)F)nc3c2oc2ccccc23)CO1. The van der Waals surface area contributed by atoms with Crippen molar-refractivity contribution in [2.24, 2.45) is 0 Å². The lowest BCUT2D eigenvalue weighted by Gasteiger charge is -2.27. The van der Waals surface area contributed by atoms with Gasteiger partial charge in [-0.2, -0.15) is 4.98 Å². The van der Waals surface area contributed by atoms with Crippen molar-refractivity contribution in [3.63, 3.8) is 0 Å². The van der Waals surface area contributed by atoms with E-state index in [4.69, 9.17) is 35.2 Å². The number of epoxide rings is 1. The molecular weight excluding hydrogens is 572 g/mol. The summed E-state index contributed by atoms with van der Waals surface area (Å²) < 4.78 is 53.8. The average Bonchev–Trinajstić information content (AvgIpc) is 3.32. The molecule has 42 heavy (non-hydrogen) atoms. The van der Waals surface area contributed by atoms with Crippen LogP contribution in [0.1, 0.15) is 37.6 Å². The van der Waals surface area contributed by atoms with Gasteiger partial charge in [-0.15, -0.1) is 0 Å². The molecule has 0 radical (unpaired) electrons. The molecule has 1 N–H and O–H groups in total. The van der Waals surface area contributed by atoms with Crippen LogP contribution in [0.3, 0.4) is 0 Å². The summed E-state index contributed by atoms with van der Waals surface area (Å²) in [5.74, 6) is -1.93. The van der Waals surface area contributed by atoms with E-state index < -0.39 is 30.2 Å². The fraction of sp³-hybridized carbons (Fsp3) is 0.414. The number of aliphatic hydroxyl groups is 1. The molecule has 2 aromatic carbocycles. The number of alkyl halides is 2. The largest absolute Gasteiger partial charge is 0.459 e. The number of anilines is 1. The first kappa shape index (κ1) is 26.1. The third-order valence-corrected chi connectivity index (χ3v) is 8.67. The molecule has 0 bridgehead atoms. The topological polar surface area (TPSA) is 111 Å². The fourth-order valence-corrected chi connectivity index (χ4v) is 6.56. The Bertz CT molecular complexity index is 1820. The summed E-state index contributed by atoms with van der Waals surface area (Å²) in [6.07, 6.45) is -1.50. The highest BCUT2D eigenvalue weighted by molar-refractivity contribution is 6.35. The van der Waals surface area contributed by atoms with Crippen LogP contribution in [0.4, 0.5) is 14.6 Å². The zero-order chi connectivity index (χ0) is 28.6. The van der Waals surface area contributed by atoms with E-state index in [1.165, 1.54) is 0 Å². The van der Waals surface area contributed by atoms with Crippen molar-refractivity contribution in [2.45, 2.75) is 49.7 Å². The minimum Gasteiger partial charge on any atom is -0.459 e. The predicted molar refractivity (Wildman–Crippen MR) is 149 cm³/mol. The smallest absolute Gasteiger partial charge is 0.297 e. The van der Waals surface area contributed by atoms with E-state index in [9.17, 15) is 13.9 Å². The third kappa shape index (κ3) is 4.19. The van der Waals surface area contributed by atoms with Gasteiger partial charge in [0, 0.05) is 31.1 Å². The molecule has 0 spiro atoms. The van der Waals surface area contributed by atoms with E-state index in [0.717, 1.165) is 18.4 Å². The summed E-state index contributed by atoms with van der Waals surface area (Å²) in [5.41, 5.74) is 2.55. The molecule has 10 nitrogen and oxygen atoms in total. The van der Waals surface area contributed by atoms with Gasteiger partial charge in [-0.25, -0.2) is 18.7 Å². The van der Waals surface area contributed by atoms with E-state index >= 15 is 0 Å². The quantitative estimate of drug-likeness (QED) is 0.257. The third-order valence-electron chi connectivity index (χ3n) is 8.37. The molecule has 218 valence electrons. The van der Waals surface area contributed by atoms with E-state index in [-0.39, 0.29) is 36.1 Å². The summed E-state index contributed by atoms with van der Waals surface area (Å²) in [5, 5.41) is 12.3. The van der Waals surface area contributed by atoms with Crippen LogP contribution in [0.15, 0.2) is 46.9 Å². The average molecular weight is 598 g/mol. The zero-order valence-corrected chi connectivity index (χ0v) is 23.0. The number of fused-ring (bicyclic) bond motifs is 4. The van der Waals surface area contributed by atoms with E-state index in [1.807, 2.05) is 22.8 Å². The normalized spacial score (nSPS) is 24.9. The van der Waals surface area contributed by atoms with Gasteiger partial charge in [-0.05, 0) is 37.1 Å². The maximum Gasteiger partial charge on any atom is 0.297 e. The van der Waals surface area contributed by atoms with Crippen LogP contribution >= 0.6 is 11.6 Å². The Morgan fingerprint density at radius 1 is 1.07 bits per heavy atom. The molecule has 3 fully saturated rings. The van der Waals surface area contributed by atoms with Crippen molar-refractivity contribution in [2.75, 3.05) is 31.3 Å². The number of hydrogen-bond donors (Lipinski definition) is 1. The summed E-state index contributed by atoms with van der Waals surface area (Å²) in [6, 6.07) is 12.5. The fourth-order valence-electron chi connectivity index (χ4n) is 6.30. The molecule has 3 saturated heterocycles. The minimum atomic E-state index is -2.90. The monoisotopic (exact) mass is 597 g/mol. The number of rotatable bonds is 6. The molecular formula is C29H26ClF2N5O5. The first-order valence-electron chi connectivity index (χ1n) is 13.9. The molecule has 3 atom stereocenters. The molecule has 0 aliphatic carbocycles. The summed E-state index contributed by atoms with van der Waals surface area (Å²) >= 11 is 6.64. The Kier molecular flexibility index (Phi) is 6.04. The van der Waals surface area contributed by atoms with Crippen LogP contribution in [-0.2, 0) is 9.47 Å². The van der Waals surface area contributed by atoms with Gasteiger partial charge in [0.25, 0.3) is 12.4 Å². The van der Waals surface area contributed by atoms with Gasteiger partial charge in [0.05, 0.1) is 28.6 Å². The number of halogens is 3. The molecule has 0 amide bonds. The van der Waals surface area contributed by atoms with Crippen LogP contribution in [0.2, 0.25) is 5.02 Å². The number of aromatic nitrogens is 4. The molecule has 8 rings (SSSR count). The molecule has 3 aliphatic rings. The van der Waals surface area contributed by atoms with Gasteiger partial charge in [0.1, 0.15) is 23.8 Å². The number of imidazole rings is 1. The second kappa shape index (κ2) is 9.73. The number of para-hydroxylation sites is 2. The predicted octanol–water partition coefficient (Wildman–Crippen LogP) is 5.41.